The van der Waals surface area contributed by atoms with E-state index in [9.17, 15) is 9.32 Å². The zero-order valence-corrected chi connectivity index (χ0v) is 11.1. The van der Waals surface area contributed by atoms with Crippen LogP contribution in [0.25, 0.3) is 0 Å². The quantitative estimate of drug-likeness (QED) is 0.808. The standard InChI is InChI=1S/C12H17BFNO4/c1-12(2,3)18-11(16)15-8-9-4-6-10(7-5-9)13(17)19-14/h4-7,17H,8H2,1-3H3,(H,15,16). The van der Waals surface area contributed by atoms with Gasteiger partial charge in [-0.3, -0.25) is 0 Å². The molecule has 0 aliphatic carbocycles. The predicted octanol–water partition coefficient (Wildman–Crippen LogP) is 1.30. The molecule has 0 radical (unpaired) electrons. The van der Waals surface area contributed by atoms with E-state index in [0.717, 1.165) is 5.56 Å². The van der Waals surface area contributed by atoms with Gasteiger partial charge in [0.15, 0.2) is 0 Å². The Kier molecular flexibility index (Phi) is 5.32. The van der Waals surface area contributed by atoms with Crippen molar-refractivity contribution in [1.29, 1.82) is 0 Å². The number of amides is 1. The molecule has 0 fully saturated rings. The number of carbonyl (C=O) groups is 1. The smallest absolute Gasteiger partial charge is 0.444 e. The number of rotatable bonds is 4. The van der Waals surface area contributed by atoms with Crippen molar-refractivity contribution < 1.29 is 23.9 Å². The molecule has 0 saturated carbocycles. The van der Waals surface area contributed by atoms with E-state index in [4.69, 9.17) is 9.76 Å². The van der Waals surface area contributed by atoms with Crippen LogP contribution in [0.4, 0.5) is 9.32 Å². The van der Waals surface area contributed by atoms with Crippen LogP contribution in [0.5, 0.6) is 0 Å². The minimum Gasteiger partial charge on any atom is -0.444 e. The molecule has 1 rings (SSSR count). The lowest BCUT2D eigenvalue weighted by Crippen LogP contribution is -2.33. The molecule has 5 nitrogen and oxygen atoms in total. The van der Waals surface area contributed by atoms with Crippen molar-refractivity contribution in [2.24, 2.45) is 0 Å². The highest BCUT2D eigenvalue weighted by atomic mass is 19.3. The van der Waals surface area contributed by atoms with Gasteiger partial charge in [-0.25, -0.2) is 9.65 Å². The van der Waals surface area contributed by atoms with Gasteiger partial charge in [-0.05, 0) is 31.8 Å². The van der Waals surface area contributed by atoms with Crippen LogP contribution in [0.1, 0.15) is 26.3 Å². The average Bonchev–Trinajstić information content (AvgIpc) is 2.34. The summed E-state index contributed by atoms with van der Waals surface area (Å²) in [5, 5.41) is 11.7. The molecule has 0 saturated heterocycles. The van der Waals surface area contributed by atoms with E-state index in [0.29, 0.717) is 5.46 Å². The van der Waals surface area contributed by atoms with E-state index in [1.54, 1.807) is 32.9 Å². The van der Waals surface area contributed by atoms with E-state index >= 15 is 0 Å². The summed E-state index contributed by atoms with van der Waals surface area (Å²) in [6.45, 7) is 5.61. The fraction of sp³-hybridized carbons (Fsp3) is 0.417. The number of nitrogens with one attached hydrogen (secondary N) is 1. The molecule has 0 spiro atoms. The number of halogens is 1. The monoisotopic (exact) mass is 269 g/mol. The van der Waals surface area contributed by atoms with Gasteiger partial charge in [0.2, 0.25) is 0 Å². The van der Waals surface area contributed by atoms with Crippen LogP contribution in [-0.4, -0.2) is 23.8 Å². The Morgan fingerprint density at radius 3 is 2.42 bits per heavy atom. The Hall–Kier alpha value is -1.60. The Bertz CT molecular complexity index is 419. The van der Waals surface area contributed by atoms with E-state index in [1.165, 1.54) is 12.1 Å². The van der Waals surface area contributed by atoms with Crippen LogP contribution in [0, 0.1) is 0 Å². The maximum atomic E-state index is 11.8. The summed E-state index contributed by atoms with van der Waals surface area (Å²) in [6.07, 6.45) is -0.510. The van der Waals surface area contributed by atoms with Crippen molar-refractivity contribution in [2.45, 2.75) is 32.9 Å². The molecule has 0 aliphatic rings. The van der Waals surface area contributed by atoms with Crippen molar-refractivity contribution in [3.05, 3.63) is 29.8 Å². The van der Waals surface area contributed by atoms with Gasteiger partial charge in [0.1, 0.15) is 5.60 Å². The lowest BCUT2D eigenvalue weighted by Gasteiger charge is -2.19. The molecule has 2 N–H and O–H groups in total. The van der Waals surface area contributed by atoms with E-state index in [1.807, 2.05) is 0 Å². The molecular weight excluding hydrogens is 252 g/mol. The summed E-state index contributed by atoms with van der Waals surface area (Å²) in [6, 6.07) is 6.32. The first kappa shape index (κ1) is 15.5. The van der Waals surface area contributed by atoms with Gasteiger partial charge < -0.3 is 15.1 Å². The molecule has 19 heavy (non-hydrogen) atoms. The van der Waals surface area contributed by atoms with Gasteiger partial charge >= 0.3 is 13.2 Å². The molecular formula is C12H17BFNO4. The number of hydrogen-bond acceptors (Lipinski definition) is 4. The van der Waals surface area contributed by atoms with Gasteiger partial charge in [0, 0.05) is 6.54 Å². The Morgan fingerprint density at radius 1 is 1.37 bits per heavy atom. The lowest BCUT2D eigenvalue weighted by atomic mass is 9.80. The SMILES string of the molecule is CC(C)(C)OC(=O)NCc1ccc(B(O)OF)cc1. The summed E-state index contributed by atoms with van der Waals surface area (Å²) >= 11 is 0. The molecule has 104 valence electrons. The zero-order chi connectivity index (χ0) is 14.5. The maximum absolute atomic E-state index is 11.8. The number of carbonyl (C=O) groups excluding carboxylic acids is 1. The third kappa shape index (κ3) is 5.72. The largest absolute Gasteiger partial charge is 0.529 e. The average molecular weight is 269 g/mol. The van der Waals surface area contributed by atoms with Crippen molar-refractivity contribution in [1.82, 2.24) is 5.32 Å². The first-order chi connectivity index (χ1) is 8.81. The zero-order valence-electron chi connectivity index (χ0n) is 11.1. The summed E-state index contributed by atoms with van der Waals surface area (Å²) in [7, 11) is -1.59. The van der Waals surface area contributed by atoms with Gasteiger partial charge in [-0.1, -0.05) is 28.8 Å². The van der Waals surface area contributed by atoms with Gasteiger partial charge in [-0.2, -0.15) is 0 Å². The minimum absolute atomic E-state index is 0.280. The van der Waals surface area contributed by atoms with E-state index in [2.05, 4.69) is 10.2 Å². The molecule has 0 unspecified atom stereocenters. The van der Waals surface area contributed by atoms with Crippen LogP contribution in [0.15, 0.2) is 24.3 Å². The van der Waals surface area contributed by atoms with Crippen molar-refractivity contribution in [2.75, 3.05) is 0 Å². The van der Waals surface area contributed by atoms with Crippen LogP contribution in [0.3, 0.4) is 0 Å². The van der Waals surface area contributed by atoms with E-state index in [-0.39, 0.29) is 6.54 Å². The van der Waals surface area contributed by atoms with E-state index < -0.39 is 18.8 Å². The second-order valence-electron chi connectivity index (χ2n) is 5.04. The minimum atomic E-state index is -1.59. The predicted molar refractivity (Wildman–Crippen MR) is 69.3 cm³/mol. The second-order valence-corrected chi connectivity index (χ2v) is 5.04. The van der Waals surface area contributed by atoms with Crippen LogP contribution < -0.4 is 10.8 Å². The van der Waals surface area contributed by atoms with Crippen molar-refractivity contribution in [3.8, 4) is 0 Å². The Morgan fingerprint density at radius 2 is 1.95 bits per heavy atom. The van der Waals surface area contributed by atoms with Crippen LogP contribution in [0.2, 0.25) is 0 Å². The molecule has 1 amide bonds. The lowest BCUT2D eigenvalue weighted by molar-refractivity contribution is -0.0267. The molecule has 1 aromatic carbocycles. The molecule has 0 atom stereocenters. The fourth-order valence-electron chi connectivity index (χ4n) is 1.34. The number of ether oxygens (including phenoxy) is 1. The molecule has 0 heterocycles. The Labute approximate surface area is 111 Å². The van der Waals surface area contributed by atoms with Gasteiger partial charge in [0.05, 0.1) is 0 Å². The third-order valence-electron chi connectivity index (χ3n) is 2.18. The van der Waals surface area contributed by atoms with Crippen LogP contribution in [-0.2, 0) is 16.1 Å². The molecule has 7 heteroatoms. The highest BCUT2D eigenvalue weighted by Crippen LogP contribution is 2.07. The second kappa shape index (κ2) is 6.54. The Balaban J connectivity index is 2.48. The topological polar surface area (TPSA) is 67.8 Å². The number of alkyl carbamates (subject to hydrolysis) is 1. The maximum Gasteiger partial charge on any atom is 0.529 e. The first-order valence-corrected chi connectivity index (χ1v) is 5.83. The van der Waals surface area contributed by atoms with Crippen LogP contribution >= 0.6 is 0 Å². The molecule has 1 aromatic rings. The summed E-state index contributed by atoms with van der Waals surface area (Å²) in [5.74, 6) is 0. The van der Waals surface area contributed by atoms with Gasteiger partial charge in [-0.15, -0.1) is 0 Å². The normalized spacial score (nSPS) is 11.0. The highest BCUT2D eigenvalue weighted by molar-refractivity contribution is 6.59. The first-order valence-electron chi connectivity index (χ1n) is 5.83. The molecule has 0 aromatic heterocycles. The van der Waals surface area contributed by atoms with Crippen molar-refractivity contribution in [3.63, 3.8) is 0 Å². The summed E-state index contributed by atoms with van der Waals surface area (Å²) < 4.78 is 16.8. The number of benzene rings is 1. The summed E-state index contributed by atoms with van der Waals surface area (Å²) in [4.78, 5) is 14.7. The van der Waals surface area contributed by atoms with Crippen molar-refractivity contribution >= 4 is 18.7 Å². The number of hydrogen-bond donors (Lipinski definition) is 2. The highest BCUT2D eigenvalue weighted by Gasteiger charge is 2.17. The van der Waals surface area contributed by atoms with Gasteiger partial charge in [0.25, 0.3) is 0 Å². The summed E-state index contributed by atoms with van der Waals surface area (Å²) in [5.41, 5.74) is 0.542. The fourth-order valence-corrected chi connectivity index (χ4v) is 1.34. The molecule has 0 bridgehead atoms. The molecule has 0 aliphatic heterocycles. The third-order valence-corrected chi connectivity index (χ3v) is 2.18.